The number of hydrogen-bond donors (Lipinski definition) is 2. The number of aliphatic carboxylic acids is 1. The predicted octanol–water partition coefficient (Wildman–Crippen LogP) is 1.78. The number of nitrogens with two attached hydrogens (primary N) is 1. The minimum absolute atomic E-state index is 0.108. The van der Waals surface area contributed by atoms with Crippen molar-refractivity contribution < 1.29 is 23.8 Å². The third-order valence-electron chi connectivity index (χ3n) is 3.86. The van der Waals surface area contributed by atoms with Crippen LogP contribution >= 0.6 is 11.8 Å². The smallest absolute Gasteiger partial charge is 0.321 e. The lowest BCUT2D eigenvalue weighted by Gasteiger charge is -2.09. The Morgan fingerprint density at radius 1 is 1.25 bits per heavy atom. The van der Waals surface area contributed by atoms with Crippen molar-refractivity contribution in [1.82, 2.24) is 4.98 Å². The van der Waals surface area contributed by atoms with E-state index in [0.29, 0.717) is 34.1 Å². The summed E-state index contributed by atoms with van der Waals surface area (Å²) in [4.78, 5) is 38.4. The first kappa shape index (κ1) is 19.8. The van der Waals surface area contributed by atoms with Gasteiger partial charge < -0.3 is 20.0 Å². The van der Waals surface area contributed by atoms with Crippen LogP contribution in [0.15, 0.2) is 45.6 Å². The molecular weight excluding hydrogens is 384 g/mol. The Balaban J connectivity index is 1.56. The number of carboxylic acid groups (broad SMARTS) is 1. The van der Waals surface area contributed by atoms with Crippen molar-refractivity contribution in [2.24, 2.45) is 5.73 Å². The number of carboxylic acids is 1. The highest BCUT2D eigenvalue weighted by molar-refractivity contribution is 7.99. The summed E-state index contributed by atoms with van der Waals surface area (Å²) in [6.45, 7) is -0.108. The summed E-state index contributed by atoms with van der Waals surface area (Å²) in [5.41, 5.74) is 6.86. The number of ether oxygens (including phenoxy) is 1. The number of fused-ring (bicyclic) bond motifs is 2. The van der Waals surface area contributed by atoms with Gasteiger partial charge in [-0.15, -0.1) is 0 Å². The van der Waals surface area contributed by atoms with Gasteiger partial charge in [0.1, 0.15) is 29.6 Å². The Morgan fingerprint density at radius 3 is 2.86 bits per heavy atom. The summed E-state index contributed by atoms with van der Waals surface area (Å²) in [7, 11) is 0. The van der Waals surface area contributed by atoms with Crippen LogP contribution in [-0.2, 0) is 9.59 Å². The van der Waals surface area contributed by atoms with Gasteiger partial charge in [-0.25, -0.2) is 4.98 Å². The monoisotopic (exact) mass is 402 g/mol. The van der Waals surface area contributed by atoms with E-state index in [1.54, 1.807) is 24.3 Å². The first-order chi connectivity index (χ1) is 13.4. The molecule has 0 saturated carbocycles. The van der Waals surface area contributed by atoms with E-state index in [0.717, 1.165) is 0 Å². The van der Waals surface area contributed by atoms with E-state index >= 15 is 0 Å². The Hall–Kier alpha value is -2.91. The van der Waals surface area contributed by atoms with Crippen molar-refractivity contribution in [2.45, 2.75) is 12.5 Å². The van der Waals surface area contributed by atoms with E-state index in [4.69, 9.17) is 20.0 Å². The number of hydrogen-bond acceptors (Lipinski definition) is 8. The quantitative estimate of drug-likeness (QED) is 0.406. The molecule has 0 amide bonds. The van der Waals surface area contributed by atoms with E-state index in [1.807, 2.05) is 0 Å². The lowest BCUT2D eigenvalue weighted by molar-refractivity contribution is -0.137. The highest BCUT2D eigenvalue weighted by Crippen LogP contribution is 2.26. The molecule has 28 heavy (non-hydrogen) atoms. The largest absolute Gasteiger partial charge is 0.486 e. The molecule has 1 aromatic rings. The van der Waals surface area contributed by atoms with E-state index in [9.17, 15) is 14.4 Å². The van der Waals surface area contributed by atoms with Crippen LogP contribution in [0.5, 0.6) is 5.75 Å². The molecule has 9 heteroatoms. The average Bonchev–Trinajstić information content (AvgIpc) is 2.67. The number of nitrogens with zero attached hydrogens (tertiary/aromatic N) is 1. The topological polar surface area (TPSA) is 133 Å². The van der Waals surface area contributed by atoms with Crippen LogP contribution in [0.3, 0.4) is 0 Å². The number of ketones is 1. The van der Waals surface area contributed by atoms with Gasteiger partial charge in [0.05, 0.1) is 0 Å². The molecule has 0 aromatic heterocycles. The number of carbonyl (C=O) groups is 2. The van der Waals surface area contributed by atoms with Crippen LogP contribution in [0.4, 0.5) is 0 Å². The van der Waals surface area contributed by atoms with Gasteiger partial charge in [-0.1, -0.05) is 0 Å². The molecule has 1 aliphatic heterocycles. The zero-order valence-corrected chi connectivity index (χ0v) is 15.6. The lowest BCUT2D eigenvalue weighted by atomic mass is 10.2. The van der Waals surface area contributed by atoms with Crippen LogP contribution in [-0.4, -0.2) is 46.0 Å². The highest BCUT2D eigenvalue weighted by atomic mass is 32.2. The Morgan fingerprint density at radius 2 is 2.07 bits per heavy atom. The summed E-state index contributed by atoms with van der Waals surface area (Å²) < 4.78 is 11.2. The maximum atomic E-state index is 11.9. The molecule has 3 rings (SSSR count). The molecule has 0 radical (unpaired) electrons. The Kier molecular flexibility index (Phi) is 6.27. The van der Waals surface area contributed by atoms with Crippen LogP contribution in [0.1, 0.15) is 6.42 Å². The van der Waals surface area contributed by atoms with Gasteiger partial charge in [0.2, 0.25) is 0 Å². The number of Topliss-reactive ketones (excluding diaryl/α,β-unsaturated/α-hetero) is 1. The van der Waals surface area contributed by atoms with E-state index in [-0.39, 0.29) is 30.0 Å². The molecule has 1 aromatic carbocycles. The minimum Gasteiger partial charge on any atom is -0.486 e. The second-order valence-corrected chi connectivity index (χ2v) is 7.22. The molecule has 0 spiro atoms. The maximum Gasteiger partial charge on any atom is 0.321 e. The molecule has 0 fully saturated rings. The SMILES string of the molecule is NC(CSCCC(=O)COc1ccc2nc3ccc(=O)cc-3oc2c1)C(=O)O. The molecule has 1 unspecified atom stereocenters. The predicted molar refractivity (Wildman–Crippen MR) is 105 cm³/mol. The van der Waals surface area contributed by atoms with Crippen LogP contribution in [0.2, 0.25) is 0 Å². The minimum atomic E-state index is -1.06. The number of thioether (sulfide) groups is 1. The van der Waals surface area contributed by atoms with Crippen LogP contribution < -0.4 is 15.9 Å². The lowest BCUT2D eigenvalue weighted by Crippen LogP contribution is -2.32. The number of carbonyl (C=O) groups excluding carboxylic acids is 1. The zero-order valence-electron chi connectivity index (χ0n) is 14.8. The van der Waals surface area contributed by atoms with Gasteiger partial charge in [0, 0.05) is 30.1 Å². The first-order valence-corrected chi connectivity index (χ1v) is 9.63. The van der Waals surface area contributed by atoms with Crippen molar-refractivity contribution >= 4 is 34.6 Å². The Labute approximate surface area is 164 Å². The maximum absolute atomic E-state index is 11.9. The number of rotatable bonds is 9. The molecule has 1 heterocycles. The van der Waals surface area contributed by atoms with Gasteiger partial charge in [-0.3, -0.25) is 14.4 Å². The molecule has 2 aliphatic rings. The second kappa shape index (κ2) is 8.85. The fraction of sp³-hybridized carbons (Fsp3) is 0.263. The fourth-order valence-corrected chi connectivity index (χ4v) is 3.31. The average molecular weight is 402 g/mol. The summed E-state index contributed by atoms with van der Waals surface area (Å²) in [6, 6.07) is 8.48. The fourth-order valence-electron chi connectivity index (χ4n) is 2.38. The summed E-state index contributed by atoms with van der Waals surface area (Å²) in [5, 5.41) is 8.70. The molecule has 1 aliphatic carbocycles. The van der Waals surface area contributed by atoms with Gasteiger partial charge >= 0.3 is 5.97 Å². The summed E-state index contributed by atoms with van der Waals surface area (Å²) in [6.07, 6.45) is 0.257. The third kappa shape index (κ3) is 5.08. The normalized spacial score (nSPS) is 12.2. The van der Waals surface area contributed by atoms with E-state index in [1.165, 1.54) is 23.9 Å². The van der Waals surface area contributed by atoms with Crippen molar-refractivity contribution in [3.05, 3.63) is 46.6 Å². The summed E-state index contributed by atoms with van der Waals surface area (Å²) in [5.74, 6) is 0.388. The van der Waals surface area contributed by atoms with E-state index < -0.39 is 12.0 Å². The molecular formula is C19H18N2O6S. The number of benzene rings is 2. The second-order valence-electron chi connectivity index (χ2n) is 6.07. The zero-order chi connectivity index (χ0) is 20.1. The standard InChI is InChI=1S/C19H18N2O6S/c20-14(19(24)25)10-28-6-5-12(23)9-26-13-2-4-16-18(8-13)27-17-7-11(22)1-3-15(17)21-16/h1-4,7-8,14H,5-6,9-10,20H2,(H,24,25). The molecule has 8 nitrogen and oxygen atoms in total. The van der Waals surface area contributed by atoms with Crippen molar-refractivity contribution in [1.29, 1.82) is 0 Å². The Bertz CT molecular complexity index is 1030. The molecule has 1 atom stereocenters. The van der Waals surface area contributed by atoms with Crippen LogP contribution in [0, 0.1) is 0 Å². The third-order valence-corrected chi connectivity index (χ3v) is 4.95. The van der Waals surface area contributed by atoms with Gasteiger partial charge in [0.15, 0.2) is 22.6 Å². The van der Waals surface area contributed by atoms with Gasteiger partial charge in [0.25, 0.3) is 0 Å². The van der Waals surface area contributed by atoms with Gasteiger partial charge in [-0.2, -0.15) is 11.8 Å². The number of aromatic nitrogens is 1. The van der Waals surface area contributed by atoms with Crippen molar-refractivity contribution in [2.75, 3.05) is 18.1 Å². The highest BCUT2D eigenvalue weighted by Gasteiger charge is 2.12. The summed E-state index contributed by atoms with van der Waals surface area (Å²) >= 11 is 1.31. The first-order valence-electron chi connectivity index (χ1n) is 8.48. The van der Waals surface area contributed by atoms with Crippen LogP contribution in [0.25, 0.3) is 22.6 Å². The van der Waals surface area contributed by atoms with Crippen molar-refractivity contribution in [3.63, 3.8) is 0 Å². The van der Waals surface area contributed by atoms with Gasteiger partial charge in [-0.05, 0) is 24.3 Å². The molecule has 0 saturated heterocycles. The molecule has 3 N–H and O–H groups in total. The van der Waals surface area contributed by atoms with E-state index in [2.05, 4.69) is 4.98 Å². The molecule has 0 bridgehead atoms. The van der Waals surface area contributed by atoms with Crippen molar-refractivity contribution in [3.8, 4) is 17.2 Å². The molecule has 146 valence electrons.